The Balaban J connectivity index is 0.000000168. The Bertz CT molecular complexity index is 1700. The van der Waals surface area contributed by atoms with Gasteiger partial charge in [-0.05, 0) is 74.9 Å². The summed E-state index contributed by atoms with van der Waals surface area (Å²) in [4.78, 5) is 0. The van der Waals surface area contributed by atoms with Gasteiger partial charge in [-0.15, -0.1) is 21.7 Å². The highest BCUT2D eigenvalue weighted by Gasteiger charge is 2.22. The minimum absolute atomic E-state index is 0.128. The van der Waals surface area contributed by atoms with E-state index in [0.29, 0.717) is 17.4 Å². The molecule has 2 unspecified atom stereocenters. The smallest absolute Gasteiger partial charge is 0.240 e. The number of benzene rings is 2. The Hall–Kier alpha value is -3.02. The van der Waals surface area contributed by atoms with E-state index in [0.717, 1.165) is 79.0 Å². The van der Waals surface area contributed by atoms with Crippen LogP contribution >= 0.6 is 15.9 Å². The zero-order valence-corrected chi connectivity index (χ0v) is 29.5. The second-order valence-electron chi connectivity index (χ2n) is 12.1. The van der Waals surface area contributed by atoms with Crippen molar-refractivity contribution < 1.29 is 18.3 Å². The van der Waals surface area contributed by atoms with Crippen molar-refractivity contribution >= 4 is 45.8 Å². The molecule has 0 aliphatic carbocycles. The van der Waals surface area contributed by atoms with Crippen LogP contribution in [0.3, 0.4) is 0 Å². The summed E-state index contributed by atoms with van der Waals surface area (Å²) in [6.07, 6.45) is 7.62. The number of ether oxygens (including phenoxy) is 2. The van der Waals surface area contributed by atoms with Gasteiger partial charge >= 0.3 is 0 Å². The van der Waals surface area contributed by atoms with Gasteiger partial charge in [-0.25, -0.2) is 9.36 Å². The highest BCUT2D eigenvalue weighted by Crippen LogP contribution is 2.30. The summed E-state index contributed by atoms with van der Waals surface area (Å²) in [5.74, 6) is 8.23. The van der Waals surface area contributed by atoms with Gasteiger partial charge in [-0.2, -0.15) is 8.78 Å². The van der Waals surface area contributed by atoms with Crippen molar-refractivity contribution in [1.29, 1.82) is 0 Å². The molecular weight excluding hydrogens is 654 g/mol. The lowest BCUT2D eigenvalue weighted by atomic mass is 10.1. The van der Waals surface area contributed by atoms with Crippen LogP contribution in [0.25, 0.3) is 21.8 Å². The molecule has 4 aromatic rings. The van der Waals surface area contributed by atoms with E-state index in [1.165, 1.54) is 0 Å². The van der Waals surface area contributed by atoms with Crippen LogP contribution in [-0.4, -0.2) is 40.8 Å². The van der Waals surface area contributed by atoms with Crippen molar-refractivity contribution in [3.8, 4) is 23.3 Å². The summed E-state index contributed by atoms with van der Waals surface area (Å²) >= 11 is 3.34. The van der Waals surface area contributed by atoms with Gasteiger partial charge in [0, 0.05) is 36.1 Å². The molecule has 2 aromatic heterocycles. The molecule has 2 fully saturated rings. The Morgan fingerprint density at radius 2 is 1.33 bits per heavy atom. The fourth-order valence-electron chi connectivity index (χ4n) is 5.07. The van der Waals surface area contributed by atoms with Crippen LogP contribution in [0, 0.1) is 35.2 Å². The number of hydrogen-bond donors (Lipinski definition) is 0. The van der Waals surface area contributed by atoms with E-state index in [9.17, 15) is 8.78 Å². The molecular formula is C35H43BrF2N4O2Si. The molecule has 2 aliphatic heterocycles. The summed E-state index contributed by atoms with van der Waals surface area (Å²) in [7, 11) is -1.04. The van der Waals surface area contributed by atoms with Gasteiger partial charge in [-0.1, -0.05) is 61.3 Å². The van der Waals surface area contributed by atoms with Crippen LogP contribution in [0.15, 0.2) is 40.9 Å². The number of fused-ring (bicyclic) bond motifs is 2. The largest absolute Gasteiger partial charge is 0.356 e. The average molecular weight is 698 g/mol. The molecule has 0 radical (unpaired) electrons. The van der Waals surface area contributed by atoms with Crippen LogP contribution in [0.4, 0.5) is 8.78 Å². The van der Waals surface area contributed by atoms with Gasteiger partial charge in [0.05, 0.1) is 21.8 Å². The van der Waals surface area contributed by atoms with Gasteiger partial charge in [-0.3, -0.25) is 0 Å². The molecule has 0 spiro atoms. The molecule has 0 bridgehead atoms. The number of halogens is 3. The molecule has 2 aliphatic rings. The molecule has 240 valence electrons. The van der Waals surface area contributed by atoms with Gasteiger partial charge in [0.2, 0.25) is 11.9 Å². The Labute approximate surface area is 275 Å². The van der Waals surface area contributed by atoms with Gasteiger partial charge < -0.3 is 9.47 Å². The van der Waals surface area contributed by atoms with Crippen LogP contribution in [0.5, 0.6) is 0 Å². The molecule has 2 atom stereocenters. The maximum absolute atomic E-state index is 14.0. The van der Waals surface area contributed by atoms with Crippen LogP contribution < -0.4 is 0 Å². The second-order valence-corrected chi connectivity index (χ2v) is 17.7. The highest BCUT2D eigenvalue weighted by atomic mass is 79.9. The zero-order chi connectivity index (χ0) is 32.4. The van der Waals surface area contributed by atoms with Crippen molar-refractivity contribution in [2.24, 2.45) is 0 Å². The predicted octanol–water partition coefficient (Wildman–Crippen LogP) is 9.55. The molecule has 0 amide bonds. The Morgan fingerprint density at radius 1 is 0.800 bits per heavy atom. The first kappa shape index (κ1) is 34.8. The molecule has 10 heteroatoms. The fourth-order valence-corrected chi connectivity index (χ4v) is 6.14. The second kappa shape index (κ2) is 16.5. The lowest BCUT2D eigenvalue weighted by Crippen LogP contribution is -2.19. The minimum Gasteiger partial charge on any atom is -0.356 e. The Kier molecular flexibility index (Phi) is 12.8. The third-order valence-corrected chi connectivity index (χ3v) is 8.61. The molecule has 6 nitrogen and oxygen atoms in total. The van der Waals surface area contributed by atoms with E-state index < -0.39 is 20.0 Å². The normalized spacial score (nSPS) is 18.0. The van der Waals surface area contributed by atoms with Crippen molar-refractivity contribution in [1.82, 2.24) is 19.6 Å². The van der Waals surface area contributed by atoms with Crippen molar-refractivity contribution in [2.75, 3.05) is 13.2 Å². The van der Waals surface area contributed by atoms with E-state index in [1.54, 1.807) is 21.5 Å². The van der Waals surface area contributed by atoms with Crippen molar-refractivity contribution in [2.45, 2.75) is 97.3 Å². The zero-order valence-electron chi connectivity index (χ0n) is 26.9. The summed E-state index contributed by atoms with van der Waals surface area (Å²) in [5.41, 5.74) is 5.65. The van der Waals surface area contributed by atoms with Gasteiger partial charge in [0.1, 0.15) is 8.07 Å². The van der Waals surface area contributed by atoms with Gasteiger partial charge in [0.25, 0.3) is 0 Å². The number of nitrogens with zero attached hydrogens (tertiary/aromatic N) is 4. The quantitative estimate of drug-likeness (QED) is 0.155. The van der Waals surface area contributed by atoms with Gasteiger partial charge in [0.15, 0.2) is 12.5 Å². The maximum atomic E-state index is 14.0. The van der Waals surface area contributed by atoms with E-state index in [2.05, 4.69) is 76.0 Å². The van der Waals surface area contributed by atoms with Crippen molar-refractivity contribution in [3.63, 3.8) is 0 Å². The Morgan fingerprint density at radius 3 is 1.80 bits per heavy atom. The first-order valence-electron chi connectivity index (χ1n) is 15.8. The SMILES string of the molecule is CCC#C[Si](C)(C)C.CCC#Cc1ccc2c(c1)c(F)nn2C1CCCCO1.Fc1nn(C2CCCCO2)c2ccc(Br)cc12. The minimum atomic E-state index is -1.04. The standard InChI is InChI=1S/C16H17FN2O.C12H12BrFN2O.C7H14Si/c1-2-3-6-12-8-9-14-13(11-12)16(17)18-19(14)15-7-4-5-10-20-15;13-8-4-5-10-9(7-8)12(14)15-16(10)11-3-1-2-6-17-11;1-5-6-7-8(2,3)4/h8-9,11,15H,2,4-5,7,10H2,1H3;4-5,7,11H,1-3,6H2;5H2,1-4H3. The monoisotopic (exact) mass is 696 g/mol. The topological polar surface area (TPSA) is 54.1 Å². The lowest BCUT2D eigenvalue weighted by Gasteiger charge is -2.23. The molecule has 2 aromatic carbocycles. The van der Waals surface area contributed by atoms with E-state index in [-0.39, 0.29) is 12.5 Å². The number of rotatable bonds is 2. The molecule has 4 heterocycles. The summed E-state index contributed by atoms with van der Waals surface area (Å²) in [6.45, 7) is 12.3. The van der Waals surface area contributed by atoms with Crippen LogP contribution in [-0.2, 0) is 9.47 Å². The molecule has 6 rings (SSSR count). The summed E-state index contributed by atoms with van der Waals surface area (Å²) in [6, 6.07) is 11.1. The van der Waals surface area contributed by atoms with E-state index in [1.807, 2.05) is 31.2 Å². The summed E-state index contributed by atoms with van der Waals surface area (Å²) in [5, 5.41) is 9.02. The molecule has 2 saturated heterocycles. The van der Waals surface area contributed by atoms with Crippen LogP contribution in [0.1, 0.15) is 83.2 Å². The molecule has 0 N–H and O–H groups in total. The number of hydrogen-bond acceptors (Lipinski definition) is 4. The lowest BCUT2D eigenvalue weighted by molar-refractivity contribution is -0.0376. The fraction of sp³-hybridized carbons (Fsp3) is 0.486. The van der Waals surface area contributed by atoms with Crippen molar-refractivity contribution in [3.05, 3.63) is 58.3 Å². The average Bonchev–Trinajstić information content (AvgIpc) is 3.55. The third kappa shape index (κ3) is 9.73. The maximum Gasteiger partial charge on any atom is 0.240 e. The van der Waals surface area contributed by atoms with Crippen LogP contribution in [0.2, 0.25) is 19.6 Å². The summed E-state index contributed by atoms with van der Waals surface area (Å²) < 4.78 is 43.3. The van der Waals surface area contributed by atoms with E-state index >= 15 is 0 Å². The highest BCUT2D eigenvalue weighted by molar-refractivity contribution is 9.10. The third-order valence-electron chi connectivity index (χ3n) is 7.19. The molecule has 0 saturated carbocycles. The first-order valence-corrected chi connectivity index (χ1v) is 20.1. The molecule has 45 heavy (non-hydrogen) atoms. The van der Waals surface area contributed by atoms with E-state index in [4.69, 9.17) is 9.47 Å². The number of aromatic nitrogens is 4. The first-order chi connectivity index (χ1) is 21.6. The predicted molar refractivity (Wildman–Crippen MR) is 183 cm³/mol.